The zero-order valence-electron chi connectivity index (χ0n) is 10.9. The molecule has 1 rings (SSSR count). The minimum atomic E-state index is 0.285. The van der Waals surface area contributed by atoms with Crippen molar-refractivity contribution in [1.29, 1.82) is 0 Å². The first-order valence-electron chi connectivity index (χ1n) is 6.41. The molecule has 0 spiro atoms. The summed E-state index contributed by atoms with van der Waals surface area (Å²) in [5.74, 6) is 0.285. The molecule has 18 heavy (non-hydrogen) atoms. The first-order valence-corrected chi connectivity index (χ1v) is 6.41. The lowest BCUT2D eigenvalue weighted by atomic mass is 10.1. The van der Waals surface area contributed by atoms with Crippen molar-refractivity contribution in [2.45, 2.75) is 45.2 Å². The van der Waals surface area contributed by atoms with Gasteiger partial charge in [-0.2, -0.15) is 0 Å². The maximum atomic E-state index is 8.52. The average Bonchev–Trinajstić information content (AvgIpc) is 2.89. The molecule has 6 nitrogen and oxygen atoms in total. The number of hydrogen-bond acceptors (Lipinski definition) is 4. The van der Waals surface area contributed by atoms with E-state index in [0.29, 0.717) is 6.42 Å². The Hall–Kier alpha value is -1.56. The van der Waals surface area contributed by atoms with Crippen molar-refractivity contribution in [3.05, 3.63) is 18.7 Å². The topological polar surface area (TPSA) is 88.5 Å². The Kier molecular flexibility index (Phi) is 6.86. The lowest BCUT2D eigenvalue weighted by Crippen LogP contribution is -2.33. The number of nitrogens with one attached hydrogen (secondary N) is 1. The van der Waals surface area contributed by atoms with Crippen molar-refractivity contribution in [2.75, 3.05) is 6.54 Å². The summed E-state index contributed by atoms with van der Waals surface area (Å²) in [5.41, 5.74) is 5.49. The minimum Gasteiger partial charge on any atom is -0.409 e. The molecule has 0 bridgehead atoms. The van der Waals surface area contributed by atoms with Gasteiger partial charge in [0, 0.05) is 31.4 Å². The molecule has 1 aromatic heterocycles. The van der Waals surface area contributed by atoms with Crippen molar-refractivity contribution in [1.82, 2.24) is 14.9 Å². The van der Waals surface area contributed by atoms with Gasteiger partial charge in [-0.1, -0.05) is 12.1 Å². The Balaban J connectivity index is 2.08. The molecule has 1 aromatic rings. The predicted molar refractivity (Wildman–Crippen MR) is 71.6 cm³/mol. The summed E-state index contributed by atoms with van der Waals surface area (Å²) in [5, 5.41) is 14.9. The van der Waals surface area contributed by atoms with Gasteiger partial charge in [-0.15, -0.1) is 0 Å². The second-order valence-electron chi connectivity index (χ2n) is 4.36. The lowest BCUT2D eigenvalue weighted by molar-refractivity contribution is 0.315. The Morgan fingerprint density at radius 1 is 1.56 bits per heavy atom. The van der Waals surface area contributed by atoms with Crippen LogP contribution in [0.1, 0.15) is 32.6 Å². The highest BCUT2D eigenvalue weighted by molar-refractivity contribution is 5.80. The molecule has 0 radical (unpaired) electrons. The second-order valence-corrected chi connectivity index (χ2v) is 4.36. The highest BCUT2D eigenvalue weighted by Crippen LogP contribution is 1.99. The summed E-state index contributed by atoms with van der Waals surface area (Å²) in [7, 11) is 0. The third-order valence-corrected chi connectivity index (χ3v) is 2.91. The van der Waals surface area contributed by atoms with Gasteiger partial charge in [0.25, 0.3) is 0 Å². The quantitative estimate of drug-likeness (QED) is 0.203. The van der Waals surface area contributed by atoms with E-state index in [1.807, 2.05) is 12.5 Å². The van der Waals surface area contributed by atoms with Crippen molar-refractivity contribution in [3.8, 4) is 0 Å². The summed E-state index contributed by atoms with van der Waals surface area (Å²) in [6, 6.07) is 0.286. The fraction of sp³-hybridized carbons (Fsp3) is 0.667. The first kappa shape index (κ1) is 14.5. The molecule has 0 saturated heterocycles. The molecule has 0 aromatic carbocycles. The van der Waals surface area contributed by atoms with Gasteiger partial charge in [0.2, 0.25) is 0 Å². The van der Waals surface area contributed by atoms with Crippen LogP contribution >= 0.6 is 0 Å². The van der Waals surface area contributed by atoms with Crippen molar-refractivity contribution >= 4 is 5.84 Å². The standard InChI is InChI=1S/C12H23N5O/c1-2-11(9-12(13)16-18)15-5-3-4-7-17-8-6-14-10-17/h6,8,10-11,15,18H,2-5,7,9H2,1H3,(H2,13,16). The van der Waals surface area contributed by atoms with Crippen molar-refractivity contribution < 1.29 is 5.21 Å². The molecule has 4 N–H and O–H groups in total. The van der Waals surface area contributed by atoms with E-state index >= 15 is 0 Å². The fourth-order valence-electron chi connectivity index (χ4n) is 1.80. The summed E-state index contributed by atoms with van der Waals surface area (Å²) in [6.45, 7) is 4.04. The highest BCUT2D eigenvalue weighted by Gasteiger charge is 2.07. The largest absolute Gasteiger partial charge is 0.409 e. The maximum absolute atomic E-state index is 8.52. The van der Waals surface area contributed by atoms with Gasteiger partial charge in [0.05, 0.1) is 6.33 Å². The molecule has 102 valence electrons. The number of unbranched alkanes of at least 4 members (excludes halogenated alkanes) is 1. The summed E-state index contributed by atoms with van der Waals surface area (Å²) in [6.07, 6.45) is 9.38. The molecule has 6 heteroatoms. The molecule has 0 amide bonds. The van der Waals surface area contributed by atoms with Gasteiger partial charge in [0.15, 0.2) is 0 Å². The number of amidine groups is 1. The molecule has 1 unspecified atom stereocenters. The summed E-state index contributed by atoms with van der Waals surface area (Å²) >= 11 is 0. The van der Waals surface area contributed by atoms with E-state index in [-0.39, 0.29) is 11.9 Å². The molecule has 0 saturated carbocycles. The van der Waals surface area contributed by atoms with Crippen LogP contribution < -0.4 is 11.1 Å². The van der Waals surface area contributed by atoms with Crippen LogP contribution in [0.2, 0.25) is 0 Å². The number of imidazole rings is 1. The van der Waals surface area contributed by atoms with Crippen LogP contribution in [-0.4, -0.2) is 33.2 Å². The Bertz CT molecular complexity index is 336. The number of nitrogens with two attached hydrogens (primary N) is 1. The molecule has 1 heterocycles. The Morgan fingerprint density at radius 3 is 3.00 bits per heavy atom. The Labute approximate surface area is 108 Å². The van der Waals surface area contributed by atoms with Crippen LogP contribution in [0.5, 0.6) is 0 Å². The van der Waals surface area contributed by atoms with E-state index < -0.39 is 0 Å². The number of aryl methyl sites for hydroxylation is 1. The van der Waals surface area contributed by atoms with Gasteiger partial charge in [-0.3, -0.25) is 0 Å². The predicted octanol–water partition coefficient (Wildman–Crippen LogP) is 1.17. The molecule has 0 aliphatic heterocycles. The van der Waals surface area contributed by atoms with Gasteiger partial charge in [-0.05, 0) is 25.8 Å². The number of nitrogens with zero attached hydrogens (tertiary/aromatic N) is 3. The van der Waals surface area contributed by atoms with Crippen LogP contribution in [0, 0.1) is 0 Å². The summed E-state index contributed by atoms with van der Waals surface area (Å²) < 4.78 is 2.08. The highest BCUT2D eigenvalue weighted by atomic mass is 16.4. The molecular weight excluding hydrogens is 230 g/mol. The second kappa shape index (κ2) is 8.52. The van der Waals surface area contributed by atoms with E-state index in [1.54, 1.807) is 6.20 Å². The van der Waals surface area contributed by atoms with E-state index in [9.17, 15) is 0 Å². The van der Waals surface area contributed by atoms with E-state index in [1.165, 1.54) is 0 Å². The van der Waals surface area contributed by atoms with Gasteiger partial charge in [-0.25, -0.2) is 4.98 Å². The third kappa shape index (κ3) is 5.67. The van der Waals surface area contributed by atoms with Gasteiger partial charge < -0.3 is 20.8 Å². The van der Waals surface area contributed by atoms with E-state index in [4.69, 9.17) is 10.9 Å². The fourth-order valence-corrected chi connectivity index (χ4v) is 1.80. The SMILES string of the molecule is CCC(CC(N)=NO)NCCCCn1ccnc1. The molecule has 1 atom stereocenters. The zero-order valence-corrected chi connectivity index (χ0v) is 10.9. The van der Waals surface area contributed by atoms with Crippen LogP contribution in [-0.2, 0) is 6.54 Å². The van der Waals surface area contributed by atoms with Gasteiger partial charge >= 0.3 is 0 Å². The monoisotopic (exact) mass is 253 g/mol. The smallest absolute Gasteiger partial charge is 0.140 e. The average molecular weight is 253 g/mol. The van der Waals surface area contributed by atoms with Crippen molar-refractivity contribution in [2.24, 2.45) is 10.9 Å². The van der Waals surface area contributed by atoms with Crippen LogP contribution in [0.4, 0.5) is 0 Å². The van der Waals surface area contributed by atoms with Crippen LogP contribution in [0.15, 0.2) is 23.9 Å². The van der Waals surface area contributed by atoms with E-state index in [2.05, 4.69) is 26.9 Å². The van der Waals surface area contributed by atoms with Crippen LogP contribution in [0.3, 0.4) is 0 Å². The van der Waals surface area contributed by atoms with Gasteiger partial charge in [0.1, 0.15) is 5.84 Å². The number of aromatic nitrogens is 2. The molecule has 0 aliphatic carbocycles. The normalized spacial score (nSPS) is 13.7. The third-order valence-electron chi connectivity index (χ3n) is 2.91. The number of rotatable bonds is 9. The van der Waals surface area contributed by atoms with E-state index in [0.717, 1.165) is 32.4 Å². The van der Waals surface area contributed by atoms with Crippen LogP contribution in [0.25, 0.3) is 0 Å². The molecular formula is C12H23N5O. The minimum absolute atomic E-state index is 0.285. The number of hydrogen-bond donors (Lipinski definition) is 3. The lowest BCUT2D eigenvalue weighted by Gasteiger charge is -2.15. The number of oxime groups is 1. The maximum Gasteiger partial charge on any atom is 0.140 e. The summed E-state index contributed by atoms with van der Waals surface area (Å²) in [4.78, 5) is 4.00. The first-order chi connectivity index (χ1) is 8.76. The van der Waals surface area contributed by atoms with Crippen molar-refractivity contribution in [3.63, 3.8) is 0 Å². The molecule has 0 aliphatic rings. The molecule has 0 fully saturated rings. The zero-order chi connectivity index (χ0) is 13.2. The Morgan fingerprint density at radius 2 is 2.39 bits per heavy atom.